The highest BCUT2D eigenvalue weighted by atomic mass is 28.3. The SMILES string of the molecule is C[Si](C)(C)CCOCN1C(=O)C(C2C(=O)N(Cc3ccccc3)c3cc(-c4ccccc4)ccc32)c2ccccc21. The topological polar surface area (TPSA) is 49.9 Å². The summed E-state index contributed by atoms with van der Waals surface area (Å²) in [6.45, 7) is 8.23. The van der Waals surface area contributed by atoms with Gasteiger partial charge in [0.1, 0.15) is 6.73 Å². The summed E-state index contributed by atoms with van der Waals surface area (Å²) in [4.78, 5) is 32.1. The van der Waals surface area contributed by atoms with Crippen molar-refractivity contribution in [3.63, 3.8) is 0 Å². The third-order valence-electron chi connectivity index (χ3n) is 8.12. The first kappa shape index (κ1) is 27.2. The molecule has 4 aromatic rings. The van der Waals surface area contributed by atoms with Crippen LogP contribution in [0.5, 0.6) is 0 Å². The van der Waals surface area contributed by atoms with E-state index in [4.69, 9.17) is 4.74 Å². The van der Waals surface area contributed by atoms with Crippen LogP contribution in [0.25, 0.3) is 11.1 Å². The van der Waals surface area contributed by atoms with Crippen LogP contribution in [0.4, 0.5) is 11.4 Å². The Kier molecular flexibility index (Phi) is 7.36. The molecule has 2 aliphatic heterocycles. The molecule has 2 heterocycles. The number of ether oxygens (including phenoxy) is 1. The Morgan fingerprint density at radius 3 is 1.98 bits per heavy atom. The highest BCUT2D eigenvalue weighted by Crippen LogP contribution is 2.51. The second-order valence-electron chi connectivity index (χ2n) is 12.2. The van der Waals surface area contributed by atoms with Crippen molar-refractivity contribution in [2.75, 3.05) is 23.1 Å². The number of hydrogen-bond donors (Lipinski definition) is 0. The first-order valence-electron chi connectivity index (χ1n) is 14.3. The second kappa shape index (κ2) is 11.1. The first-order chi connectivity index (χ1) is 19.8. The van der Waals surface area contributed by atoms with Crippen molar-refractivity contribution < 1.29 is 14.3 Å². The van der Waals surface area contributed by atoms with Gasteiger partial charge in [-0.25, -0.2) is 0 Å². The lowest BCUT2D eigenvalue weighted by Crippen LogP contribution is -2.36. The fraction of sp³-hybridized carbons (Fsp3) is 0.257. The molecule has 0 saturated carbocycles. The normalized spacial score (nSPS) is 18.1. The van der Waals surface area contributed by atoms with Gasteiger partial charge < -0.3 is 9.64 Å². The fourth-order valence-corrected chi connectivity index (χ4v) is 6.68. The molecule has 0 radical (unpaired) electrons. The zero-order valence-corrected chi connectivity index (χ0v) is 24.9. The van der Waals surface area contributed by atoms with E-state index in [0.29, 0.717) is 13.2 Å². The fourth-order valence-electron chi connectivity index (χ4n) is 5.93. The molecule has 0 saturated heterocycles. The van der Waals surface area contributed by atoms with Crippen LogP contribution < -0.4 is 9.80 Å². The lowest BCUT2D eigenvalue weighted by Gasteiger charge is -2.22. The Balaban J connectivity index is 1.37. The van der Waals surface area contributed by atoms with Crippen molar-refractivity contribution in [1.29, 1.82) is 0 Å². The van der Waals surface area contributed by atoms with E-state index in [1.54, 1.807) is 4.90 Å². The van der Waals surface area contributed by atoms with Gasteiger partial charge in [0, 0.05) is 20.4 Å². The van der Waals surface area contributed by atoms with Crippen molar-refractivity contribution in [3.8, 4) is 11.1 Å². The minimum atomic E-state index is -1.25. The maximum absolute atomic E-state index is 14.4. The Morgan fingerprint density at radius 2 is 1.27 bits per heavy atom. The van der Waals surface area contributed by atoms with E-state index in [0.717, 1.165) is 45.2 Å². The molecular weight excluding hydrogens is 524 g/mol. The summed E-state index contributed by atoms with van der Waals surface area (Å²) in [5.74, 6) is -1.30. The molecule has 0 aliphatic carbocycles. The number of para-hydroxylation sites is 1. The Bertz CT molecular complexity index is 1570. The van der Waals surface area contributed by atoms with E-state index >= 15 is 0 Å². The maximum atomic E-state index is 14.4. The van der Waals surface area contributed by atoms with Gasteiger partial charge in [-0.1, -0.05) is 111 Å². The molecule has 2 atom stereocenters. The molecule has 0 spiro atoms. The van der Waals surface area contributed by atoms with Gasteiger partial charge >= 0.3 is 0 Å². The molecule has 2 unspecified atom stereocenters. The van der Waals surface area contributed by atoms with Crippen LogP contribution in [0.1, 0.15) is 28.5 Å². The number of benzene rings is 4. The number of rotatable bonds is 9. The molecule has 2 amide bonds. The average Bonchev–Trinajstić information content (AvgIpc) is 3.40. The van der Waals surface area contributed by atoms with Crippen molar-refractivity contribution in [1.82, 2.24) is 0 Å². The minimum Gasteiger partial charge on any atom is -0.361 e. The van der Waals surface area contributed by atoms with Crippen LogP contribution in [0.2, 0.25) is 25.7 Å². The van der Waals surface area contributed by atoms with Crippen LogP contribution >= 0.6 is 0 Å². The molecule has 6 heteroatoms. The van der Waals surface area contributed by atoms with E-state index in [1.165, 1.54) is 0 Å². The van der Waals surface area contributed by atoms with Gasteiger partial charge in [0.25, 0.3) is 0 Å². The molecule has 0 bridgehead atoms. The standard InChI is InChI=1S/C35H36N2O3Si/c1-41(2,3)21-20-40-24-37-30-17-11-10-16-28(30)32(35(37)39)33-29-19-18-27(26-14-8-5-9-15-26)22-31(29)36(34(33)38)23-25-12-6-4-7-13-25/h4-19,22,32-33H,20-21,23-24H2,1-3H3. The molecule has 41 heavy (non-hydrogen) atoms. The molecule has 5 nitrogen and oxygen atoms in total. The largest absolute Gasteiger partial charge is 0.361 e. The predicted octanol–water partition coefficient (Wildman–Crippen LogP) is 7.43. The number of amides is 2. The van der Waals surface area contributed by atoms with Gasteiger partial charge in [-0.05, 0) is 46.0 Å². The van der Waals surface area contributed by atoms with Crippen molar-refractivity contribution >= 4 is 31.3 Å². The summed E-state index contributed by atoms with van der Waals surface area (Å²) in [6, 6.07) is 35.4. The molecular formula is C35H36N2O3Si. The highest BCUT2D eigenvalue weighted by molar-refractivity contribution is 6.76. The van der Waals surface area contributed by atoms with Crippen LogP contribution in [-0.2, 0) is 20.9 Å². The summed E-state index contributed by atoms with van der Waals surface area (Å²) in [7, 11) is -1.25. The lowest BCUT2D eigenvalue weighted by molar-refractivity contribution is -0.126. The summed E-state index contributed by atoms with van der Waals surface area (Å²) in [6.07, 6.45) is 0. The van der Waals surface area contributed by atoms with E-state index in [2.05, 4.69) is 43.9 Å². The average molecular weight is 561 g/mol. The molecule has 6 rings (SSSR count). The third kappa shape index (κ3) is 5.37. The molecule has 0 fully saturated rings. The van der Waals surface area contributed by atoms with Crippen LogP contribution in [-0.4, -0.2) is 33.2 Å². The summed E-state index contributed by atoms with van der Waals surface area (Å²) in [5, 5.41) is 0. The van der Waals surface area contributed by atoms with Gasteiger partial charge in [-0.3, -0.25) is 14.5 Å². The number of carbonyl (C=O) groups excluding carboxylic acids is 2. The van der Waals surface area contributed by atoms with Crippen LogP contribution in [0.3, 0.4) is 0 Å². The zero-order valence-electron chi connectivity index (χ0n) is 23.9. The molecule has 4 aromatic carbocycles. The number of fused-ring (bicyclic) bond motifs is 2. The quantitative estimate of drug-likeness (QED) is 0.158. The van der Waals surface area contributed by atoms with Gasteiger partial charge in [-0.2, -0.15) is 0 Å². The van der Waals surface area contributed by atoms with Gasteiger partial charge in [0.2, 0.25) is 11.8 Å². The van der Waals surface area contributed by atoms with E-state index in [9.17, 15) is 9.59 Å². The smallest absolute Gasteiger partial charge is 0.237 e. The number of hydrogen-bond acceptors (Lipinski definition) is 3. The first-order valence-corrected chi connectivity index (χ1v) is 18.1. The highest BCUT2D eigenvalue weighted by Gasteiger charge is 2.50. The minimum absolute atomic E-state index is 0.0382. The van der Waals surface area contributed by atoms with Gasteiger partial charge in [-0.15, -0.1) is 0 Å². The Morgan fingerprint density at radius 1 is 0.659 bits per heavy atom. The zero-order chi connectivity index (χ0) is 28.6. The predicted molar refractivity (Wildman–Crippen MR) is 168 cm³/mol. The molecule has 0 aromatic heterocycles. The van der Waals surface area contributed by atoms with Crippen LogP contribution in [0, 0.1) is 0 Å². The number of nitrogens with zero attached hydrogens (tertiary/aromatic N) is 2. The van der Waals surface area contributed by atoms with E-state index in [1.807, 2.05) is 83.8 Å². The Hall–Kier alpha value is -4.00. The van der Waals surface area contributed by atoms with Gasteiger partial charge in [0.15, 0.2) is 0 Å². The number of carbonyl (C=O) groups is 2. The lowest BCUT2D eigenvalue weighted by atomic mass is 9.82. The van der Waals surface area contributed by atoms with E-state index in [-0.39, 0.29) is 18.5 Å². The van der Waals surface area contributed by atoms with Gasteiger partial charge in [0.05, 0.1) is 24.1 Å². The molecule has 208 valence electrons. The van der Waals surface area contributed by atoms with Crippen molar-refractivity contribution in [2.45, 2.75) is 44.1 Å². The summed E-state index contributed by atoms with van der Waals surface area (Å²) < 4.78 is 6.04. The summed E-state index contributed by atoms with van der Waals surface area (Å²) in [5.41, 5.74) is 6.70. The molecule has 0 N–H and O–H groups in total. The second-order valence-corrected chi connectivity index (χ2v) is 17.8. The van der Waals surface area contributed by atoms with Crippen molar-refractivity contribution in [2.24, 2.45) is 0 Å². The molecule has 2 aliphatic rings. The third-order valence-corrected chi connectivity index (χ3v) is 9.83. The maximum Gasteiger partial charge on any atom is 0.237 e. The van der Waals surface area contributed by atoms with Crippen LogP contribution in [0.15, 0.2) is 103 Å². The summed E-state index contributed by atoms with van der Waals surface area (Å²) >= 11 is 0. The van der Waals surface area contributed by atoms with Crippen molar-refractivity contribution in [3.05, 3.63) is 120 Å². The number of anilines is 2. The Labute approximate surface area is 243 Å². The van der Waals surface area contributed by atoms with E-state index < -0.39 is 19.9 Å². The monoisotopic (exact) mass is 560 g/mol.